The third kappa shape index (κ3) is 4.57. The number of benzene rings is 1. The summed E-state index contributed by atoms with van der Waals surface area (Å²) in [5, 5.41) is 8.64. The molecule has 0 aliphatic heterocycles. The minimum Gasteiger partial charge on any atom is -0.365 e. The van der Waals surface area contributed by atoms with Crippen LogP contribution in [0, 0.1) is 5.41 Å². The molecule has 0 atom stereocenters. The standard InChI is InChI=1S/C15H16Cl2N4O3S.ClH/c1-20(2)25(23,24)13-4-3-10(16)5-9(13)7-21-8-11(17)6-12(14(21)18)15(19)22;/h3-6,8,18H,7H2,1-2H3,(H2,19,22);1H. The van der Waals surface area contributed by atoms with Crippen LogP contribution in [0.3, 0.4) is 0 Å². The van der Waals surface area contributed by atoms with Crippen molar-refractivity contribution in [2.75, 3.05) is 14.1 Å². The SMILES string of the molecule is CN(C)S(=O)(=O)c1ccc(Cl)cc1Cn1cc(Cl)cc(C(N)=O)c1=N.Cl. The van der Waals surface area contributed by atoms with Gasteiger partial charge in [0.05, 0.1) is 22.0 Å². The second-order valence-corrected chi connectivity index (χ2v) is 8.45. The van der Waals surface area contributed by atoms with Gasteiger partial charge in [-0.2, -0.15) is 0 Å². The van der Waals surface area contributed by atoms with E-state index in [-0.39, 0.29) is 39.9 Å². The molecule has 0 aliphatic carbocycles. The van der Waals surface area contributed by atoms with Crippen LogP contribution < -0.4 is 11.2 Å². The number of sulfonamides is 1. The first-order valence-corrected chi connectivity index (χ1v) is 9.19. The Balaban J connectivity index is 0.00000338. The van der Waals surface area contributed by atoms with Gasteiger partial charge in [-0.25, -0.2) is 12.7 Å². The van der Waals surface area contributed by atoms with Gasteiger partial charge in [0.1, 0.15) is 5.49 Å². The molecule has 1 aromatic heterocycles. The van der Waals surface area contributed by atoms with Gasteiger partial charge in [0.25, 0.3) is 5.91 Å². The Kier molecular flexibility index (Phi) is 7.26. The Bertz CT molecular complexity index is 1000. The average molecular weight is 440 g/mol. The lowest BCUT2D eigenvalue weighted by Gasteiger charge is -2.17. The van der Waals surface area contributed by atoms with Gasteiger partial charge in [-0.3, -0.25) is 10.2 Å². The lowest BCUT2D eigenvalue weighted by atomic mass is 10.2. The molecule has 0 saturated heterocycles. The maximum Gasteiger partial charge on any atom is 0.252 e. The van der Waals surface area contributed by atoms with E-state index >= 15 is 0 Å². The molecule has 2 aromatic rings. The third-order valence-electron chi connectivity index (χ3n) is 3.49. The molecule has 0 bridgehead atoms. The van der Waals surface area contributed by atoms with Crippen molar-refractivity contribution in [3.05, 3.63) is 57.1 Å². The van der Waals surface area contributed by atoms with Crippen LogP contribution in [0.2, 0.25) is 10.0 Å². The van der Waals surface area contributed by atoms with Crippen LogP contribution in [0.15, 0.2) is 35.4 Å². The van der Waals surface area contributed by atoms with Crippen molar-refractivity contribution in [3.8, 4) is 0 Å². The van der Waals surface area contributed by atoms with Crippen molar-refractivity contribution < 1.29 is 13.2 Å². The average Bonchev–Trinajstić information content (AvgIpc) is 2.50. The Labute approximate surface area is 167 Å². The van der Waals surface area contributed by atoms with Crippen molar-refractivity contribution in [2.45, 2.75) is 11.4 Å². The number of halogens is 3. The molecule has 2 rings (SSSR count). The molecule has 0 aliphatic rings. The highest BCUT2D eigenvalue weighted by Gasteiger charge is 2.22. The van der Waals surface area contributed by atoms with Gasteiger partial charge in [-0.1, -0.05) is 23.2 Å². The number of hydrogen-bond acceptors (Lipinski definition) is 4. The number of carbonyl (C=O) groups is 1. The van der Waals surface area contributed by atoms with E-state index in [0.29, 0.717) is 10.6 Å². The fourth-order valence-corrected chi connectivity index (χ4v) is 3.74. The normalized spacial score (nSPS) is 11.3. The van der Waals surface area contributed by atoms with Gasteiger partial charge in [0.2, 0.25) is 10.0 Å². The van der Waals surface area contributed by atoms with Gasteiger partial charge in [0, 0.05) is 25.3 Å². The van der Waals surface area contributed by atoms with Gasteiger partial charge >= 0.3 is 0 Å². The first-order valence-electron chi connectivity index (χ1n) is 6.99. The lowest BCUT2D eigenvalue weighted by molar-refractivity contribution is 0.0997. The van der Waals surface area contributed by atoms with Gasteiger partial charge in [-0.05, 0) is 29.8 Å². The maximum absolute atomic E-state index is 12.5. The van der Waals surface area contributed by atoms with E-state index in [2.05, 4.69) is 0 Å². The number of pyridine rings is 1. The van der Waals surface area contributed by atoms with Crippen LogP contribution in [0.1, 0.15) is 15.9 Å². The molecule has 0 saturated carbocycles. The summed E-state index contributed by atoms with van der Waals surface area (Å²) in [6.45, 7) is -0.0252. The highest BCUT2D eigenvalue weighted by molar-refractivity contribution is 7.89. The Hall–Kier alpha value is -1.58. The van der Waals surface area contributed by atoms with Gasteiger partial charge < -0.3 is 10.3 Å². The second kappa shape index (κ2) is 8.41. The first-order chi connectivity index (χ1) is 11.5. The number of rotatable bonds is 5. The summed E-state index contributed by atoms with van der Waals surface area (Å²) in [7, 11) is -0.882. The number of nitrogens with one attached hydrogen (secondary N) is 1. The van der Waals surface area contributed by atoms with Crippen molar-refractivity contribution in [1.82, 2.24) is 8.87 Å². The predicted molar refractivity (Wildman–Crippen MR) is 102 cm³/mol. The molecule has 0 unspecified atom stereocenters. The molecule has 7 nitrogen and oxygen atoms in total. The molecule has 1 amide bonds. The van der Waals surface area contributed by atoms with Crippen LogP contribution in [-0.4, -0.2) is 37.3 Å². The Morgan fingerprint density at radius 1 is 1.23 bits per heavy atom. The lowest BCUT2D eigenvalue weighted by Crippen LogP contribution is -2.30. The summed E-state index contributed by atoms with van der Waals surface area (Å²) in [4.78, 5) is 11.5. The van der Waals surface area contributed by atoms with E-state index in [4.69, 9.17) is 34.3 Å². The zero-order valence-corrected chi connectivity index (χ0v) is 17.0. The Morgan fingerprint density at radius 3 is 2.38 bits per heavy atom. The van der Waals surface area contributed by atoms with Crippen LogP contribution >= 0.6 is 35.6 Å². The summed E-state index contributed by atoms with van der Waals surface area (Å²) in [6.07, 6.45) is 1.42. The van der Waals surface area contributed by atoms with Crippen molar-refractivity contribution in [2.24, 2.45) is 5.73 Å². The van der Waals surface area contributed by atoms with Gasteiger partial charge in [-0.15, -0.1) is 12.4 Å². The minimum absolute atomic E-state index is 0. The Morgan fingerprint density at radius 2 is 1.85 bits per heavy atom. The summed E-state index contributed by atoms with van der Waals surface area (Å²) in [6, 6.07) is 5.66. The molecular weight excluding hydrogens is 423 g/mol. The molecule has 142 valence electrons. The van der Waals surface area contributed by atoms with E-state index in [1.54, 1.807) is 0 Å². The predicted octanol–water partition coefficient (Wildman–Crippen LogP) is 2.09. The van der Waals surface area contributed by atoms with Crippen molar-refractivity contribution in [3.63, 3.8) is 0 Å². The maximum atomic E-state index is 12.5. The zero-order valence-electron chi connectivity index (χ0n) is 13.9. The summed E-state index contributed by atoms with van der Waals surface area (Å²) < 4.78 is 27.4. The van der Waals surface area contributed by atoms with E-state index in [0.717, 1.165) is 4.31 Å². The van der Waals surface area contributed by atoms with Crippen LogP contribution in [0.4, 0.5) is 0 Å². The van der Waals surface area contributed by atoms with Crippen molar-refractivity contribution in [1.29, 1.82) is 5.41 Å². The smallest absolute Gasteiger partial charge is 0.252 e. The summed E-state index contributed by atoms with van der Waals surface area (Å²) >= 11 is 12.0. The molecule has 3 N–H and O–H groups in total. The van der Waals surface area contributed by atoms with Gasteiger partial charge in [0.15, 0.2) is 0 Å². The van der Waals surface area contributed by atoms with E-state index < -0.39 is 15.9 Å². The monoisotopic (exact) mass is 438 g/mol. The van der Waals surface area contributed by atoms with E-state index in [1.165, 1.54) is 49.1 Å². The fourth-order valence-electron chi connectivity index (χ4n) is 2.23. The number of amides is 1. The number of nitrogens with zero attached hydrogens (tertiary/aromatic N) is 2. The van der Waals surface area contributed by atoms with E-state index in [9.17, 15) is 13.2 Å². The molecular formula is C15H17Cl3N4O3S. The van der Waals surface area contributed by atoms with Crippen molar-refractivity contribution >= 4 is 51.5 Å². The number of hydrogen-bond donors (Lipinski definition) is 2. The third-order valence-corrected chi connectivity index (χ3v) is 5.85. The molecule has 0 fully saturated rings. The second-order valence-electron chi connectivity index (χ2n) is 5.45. The first kappa shape index (κ1) is 22.5. The number of nitrogens with two attached hydrogens (primary N) is 1. The topological polar surface area (TPSA) is 109 Å². The fraction of sp³-hybridized carbons (Fsp3) is 0.200. The minimum atomic E-state index is -3.72. The summed E-state index contributed by atoms with van der Waals surface area (Å²) in [5.74, 6) is -0.798. The zero-order chi connectivity index (χ0) is 18.9. The number of primary amides is 1. The number of carbonyl (C=O) groups excluding carboxylic acids is 1. The van der Waals surface area contributed by atoms with Crippen LogP contribution in [-0.2, 0) is 16.6 Å². The molecule has 1 heterocycles. The largest absolute Gasteiger partial charge is 0.365 e. The highest BCUT2D eigenvalue weighted by Crippen LogP contribution is 2.23. The number of aromatic nitrogens is 1. The van der Waals surface area contributed by atoms with E-state index in [1.807, 2.05) is 0 Å². The quantitative estimate of drug-likeness (QED) is 0.744. The molecule has 0 spiro atoms. The molecule has 26 heavy (non-hydrogen) atoms. The molecule has 1 aromatic carbocycles. The molecule has 0 radical (unpaired) electrons. The summed E-state index contributed by atoms with van der Waals surface area (Å²) in [5.41, 5.74) is 5.37. The van der Waals surface area contributed by atoms with Crippen LogP contribution in [0.5, 0.6) is 0 Å². The highest BCUT2D eigenvalue weighted by atomic mass is 35.5. The van der Waals surface area contributed by atoms with Crippen LogP contribution in [0.25, 0.3) is 0 Å². The molecule has 11 heteroatoms.